The Morgan fingerprint density at radius 2 is 2.28 bits per heavy atom. The van der Waals surface area contributed by atoms with Crippen LogP contribution in [0.3, 0.4) is 0 Å². The highest BCUT2D eigenvalue weighted by molar-refractivity contribution is 6.25. The van der Waals surface area contributed by atoms with E-state index >= 15 is 0 Å². The Kier molecular flexibility index (Phi) is 3.21. The zero-order chi connectivity index (χ0) is 12.6. The summed E-state index contributed by atoms with van der Waals surface area (Å²) < 4.78 is 0. The van der Waals surface area contributed by atoms with E-state index < -0.39 is 0 Å². The van der Waals surface area contributed by atoms with E-state index in [0.717, 1.165) is 6.54 Å². The maximum Gasteiger partial charge on any atom is 0.0177 e. The number of fused-ring (bicyclic) bond motifs is 4. The van der Waals surface area contributed by atoms with Gasteiger partial charge >= 0.3 is 0 Å². The lowest BCUT2D eigenvalue weighted by atomic mass is 9.65. The molecule has 1 aliphatic carbocycles. The second kappa shape index (κ2) is 4.71. The van der Waals surface area contributed by atoms with Gasteiger partial charge in [0.2, 0.25) is 0 Å². The molecule has 3 rings (SSSR count). The Hall–Kier alpha value is -0.790. The van der Waals surface area contributed by atoms with E-state index in [1.54, 1.807) is 16.7 Å². The van der Waals surface area contributed by atoms with Crippen molar-refractivity contribution in [1.82, 2.24) is 4.90 Å². The fourth-order valence-electron chi connectivity index (χ4n) is 3.73. The summed E-state index contributed by atoms with van der Waals surface area (Å²) in [6, 6.07) is 9.69. The number of hydrogen-bond acceptors (Lipinski definition) is 1. The van der Waals surface area contributed by atoms with Gasteiger partial charge in [-0.1, -0.05) is 48.9 Å². The van der Waals surface area contributed by atoms with Gasteiger partial charge < -0.3 is 0 Å². The molecule has 2 atom stereocenters. The maximum absolute atomic E-state index is 5.66. The molecule has 96 valence electrons. The number of benzene rings is 1. The number of hydrogen-bond donors (Lipinski definition) is 0. The van der Waals surface area contributed by atoms with Crippen LogP contribution in [0.2, 0.25) is 0 Å². The van der Waals surface area contributed by atoms with Crippen LogP contribution in [0.1, 0.15) is 30.9 Å². The van der Waals surface area contributed by atoms with Crippen molar-refractivity contribution >= 4 is 11.6 Å². The lowest BCUT2D eigenvalue weighted by Crippen LogP contribution is -2.52. The average Bonchev–Trinajstić information content (AvgIpc) is 2.38. The molecule has 1 heterocycles. The topological polar surface area (TPSA) is 3.24 Å². The van der Waals surface area contributed by atoms with E-state index in [9.17, 15) is 0 Å². The fourth-order valence-corrected chi connectivity index (χ4v) is 3.81. The molecule has 18 heavy (non-hydrogen) atoms. The second-order valence-electron chi connectivity index (χ2n) is 5.89. The van der Waals surface area contributed by atoms with Gasteiger partial charge in [0.05, 0.1) is 0 Å². The maximum atomic E-state index is 5.66. The van der Waals surface area contributed by atoms with Crippen molar-refractivity contribution in [1.29, 1.82) is 0 Å². The summed E-state index contributed by atoms with van der Waals surface area (Å²) in [5, 5.41) is 0. The molecule has 2 unspecified atom stereocenters. The van der Waals surface area contributed by atoms with Crippen LogP contribution in [0.5, 0.6) is 0 Å². The van der Waals surface area contributed by atoms with E-state index in [-0.39, 0.29) is 0 Å². The first-order chi connectivity index (χ1) is 8.73. The highest BCUT2D eigenvalue weighted by Gasteiger charge is 2.41. The van der Waals surface area contributed by atoms with E-state index in [4.69, 9.17) is 11.6 Å². The molecule has 2 aliphatic rings. The van der Waals surface area contributed by atoms with E-state index in [2.05, 4.69) is 42.2 Å². The number of rotatable bonds is 2. The first-order valence-electron chi connectivity index (χ1n) is 6.80. The van der Waals surface area contributed by atoms with E-state index in [1.807, 2.05) is 0 Å². The van der Waals surface area contributed by atoms with Crippen molar-refractivity contribution in [2.24, 2.45) is 0 Å². The first-order valence-corrected chi connectivity index (χ1v) is 7.24. The average molecular weight is 262 g/mol. The van der Waals surface area contributed by atoms with Crippen molar-refractivity contribution in [3.8, 4) is 0 Å². The normalized spacial score (nSPS) is 31.6. The molecule has 1 aromatic rings. The van der Waals surface area contributed by atoms with Crippen molar-refractivity contribution in [3.05, 3.63) is 47.0 Å². The van der Waals surface area contributed by atoms with Crippen molar-refractivity contribution in [3.63, 3.8) is 0 Å². The third-order valence-corrected chi connectivity index (χ3v) is 4.88. The van der Waals surface area contributed by atoms with Gasteiger partial charge in [-0.15, -0.1) is 0 Å². The van der Waals surface area contributed by atoms with Crippen molar-refractivity contribution in [2.45, 2.75) is 37.6 Å². The summed E-state index contributed by atoms with van der Waals surface area (Å²) in [4.78, 5) is 2.58. The molecule has 1 nitrogen and oxygen atoms in total. The standard InChI is InChI=1S/C16H20ClN/c1-16-7-10-18(9-4-8-17)14(12-16)11-13-5-2-3-6-15(13)16/h2-6,8,14H,7,9-12H2,1H3/b8-4+. The zero-order valence-corrected chi connectivity index (χ0v) is 11.7. The predicted octanol–water partition coefficient (Wildman–Crippen LogP) is 3.72. The first kappa shape index (κ1) is 12.3. The molecule has 1 aromatic carbocycles. The lowest BCUT2D eigenvalue weighted by Gasteiger charge is -2.49. The van der Waals surface area contributed by atoms with Gasteiger partial charge in [-0.25, -0.2) is 0 Å². The quantitative estimate of drug-likeness (QED) is 0.784. The number of halogens is 1. The Labute approximate surface area is 114 Å². The molecule has 1 saturated heterocycles. The van der Waals surface area contributed by atoms with Crippen molar-refractivity contribution < 1.29 is 0 Å². The summed E-state index contributed by atoms with van der Waals surface area (Å²) in [6.45, 7) is 4.62. The summed E-state index contributed by atoms with van der Waals surface area (Å²) in [5.41, 5.74) is 5.18. The summed E-state index contributed by atoms with van der Waals surface area (Å²) in [6.07, 6.45) is 5.81. The van der Waals surface area contributed by atoms with Crippen LogP contribution in [0.25, 0.3) is 0 Å². The molecular formula is C16H20ClN. The third-order valence-electron chi connectivity index (χ3n) is 4.71. The Bertz CT molecular complexity index is 468. The van der Waals surface area contributed by atoms with Crippen LogP contribution in [-0.2, 0) is 11.8 Å². The van der Waals surface area contributed by atoms with Gasteiger partial charge in [-0.3, -0.25) is 4.90 Å². The van der Waals surface area contributed by atoms with Crippen LogP contribution in [0.15, 0.2) is 35.9 Å². The number of piperidine rings is 1. The molecular weight excluding hydrogens is 242 g/mol. The Morgan fingerprint density at radius 1 is 1.44 bits per heavy atom. The molecule has 0 spiro atoms. The predicted molar refractivity (Wildman–Crippen MR) is 77.1 cm³/mol. The van der Waals surface area contributed by atoms with E-state index in [1.165, 1.54) is 25.8 Å². The summed E-state index contributed by atoms with van der Waals surface area (Å²) in [7, 11) is 0. The molecule has 0 N–H and O–H groups in total. The minimum Gasteiger partial charge on any atom is -0.296 e. The molecule has 0 saturated carbocycles. The number of nitrogens with zero attached hydrogens (tertiary/aromatic N) is 1. The Morgan fingerprint density at radius 3 is 3.11 bits per heavy atom. The molecule has 2 bridgehead atoms. The van der Waals surface area contributed by atoms with Crippen LogP contribution < -0.4 is 0 Å². The minimum absolute atomic E-state index is 0.390. The lowest BCUT2D eigenvalue weighted by molar-refractivity contribution is 0.0989. The smallest absolute Gasteiger partial charge is 0.0177 e. The monoisotopic (exact) mass is 261 g/mol. The van der Waals surface area contributed by atoms with Crippen LogP contribution in [0, 0.1) is 0 Å². The summed E-state index contributed by atoms with van der Waals surface area (Å²) in [5.74, 6) is 0. The molecule has 0 radical (unpaired) electrons. The highest BCUT2D eigenvalue weighted by Crippen LogP contribution is 2.44. The van der Waals surface area contributed by atoms with Gasteiger partial charge in [-0.05, 0) is 42.3 Å². The molecule has 1 fully saturated rings. The molecule has 0 aromatic heterocycles. The van der Waals surface area contributed by atoms with Gasteiger partial charge in [0.25, 0.3) is 0 Å². The zero-order valence-electron chi connectivity index (χ0n) is 10.9. The van der Waals surface area contributed by atoms with Gasteiger partial charge in [-0.2, -0.15) is 0 Å². The largest absolute Gasteiger partial charge is 0.296 e. The fraction of sp³-hybridized carbons (Fsp3) is 0.500. The highest BCUT2D eigenvalue weighted by atomic mass is 35.5. The number of likely N-dealkylation sites (tertiary alicyclic amines) is 1. The van der Waals surface area contributed by atoms with Gasteiger partial charge in [0.1, 0.15) is 0 Å². The molecule has 1 aliphatic heterocycles. The molecule has 2 heteroatoms. The van der Waals surface area contributed by atoms with Crippen LogP contribution >= 0.6 is 11.6 Å². The Balaban J connectivity index is 1.90. The second-order valence-corrected chi connectivity index (χ2v) is 6.14. The van der Waals surface area contributed by atoms with E-state index in [0.29, 0.717) is 11.5 Å². The third kappa shape index (κ3) is 2.00. The van der Waals surface area contributed by atoms with Gasteiger partial charge in [0.15, 0.2) is 0 Å². The van der Waals surface area contributed by atoms with Crippen LogP contribution in [0.4, 0.5) is 0 Å². The minimum atomic E-state index is 0.390. The SMILES string of the molecule is CC12CCN(C/C=C/Cl)C(Cc3ccccc31)C2. The van der Waals surface area contributed by atoms with Crippen molar-refractivity contribution in [2.75, 3.05) is 13.1 Å². The molecule has 0 amide bonds. The van der Waals surface area contributed by atoms with Gasteiger partial charge in [0, 0.05) is 18.1 Å². The summed E-state index contributed by atoms with van der Waals surface area (Å²) >= 11 is 5.66. The van der Waals surface area contributed by atoms with Crippen LogP contribution in [-0.4, -0.2) is 24.0 Å².